The monoisotopic (exact) mass is 425 g/mol. The largest absolute Gasteiger partial charge is 0.402 e. The molecule has 5 aliphatic carbocycles. The van der Waals surface area contributed by atoms with Gasteiger partial charge in [-0.1, -0.05) is 66.2 Å². The van der Waals surface area contributed by atoms with Crippen molar-refractivity contribution in [3.63, 3.8) is 0 Å². The van der Waals surface area contributed by atoms with Gasteiger partial charge < -0.3 is 5.73 Å². The summed E-state index contributed by atoms with van der Waals surface area (Å²) in [6, 6.07) is 0. The van der Waals surface area contributed by atoms with Gasteiger partial charge in [0.2, 0.25) is 0 Å². The van der Waals surface area contributed by atoms with E-state index in [0.717, 1.165) is 35.3 Å². The Balaban J connectivity index is 0.00000112. The summed E-state index contributed by atoms with van der Waals surface area (Å²) in [7, 11) is 0. The van der Waals surface area contributed by atoms with E-state index in [1.807, 2.05) is 19.4 Å². The van der Waals surface area contributed by atoms with Gasteiger partial charge >= 0.3 is 0 Å². The molecule has 0 aromatic rings. The van der Waals surface area contributed by atoms with E-state index in [4.69, 9.17) is 5.73 Å². The first-order chi connectivity index (χ1) is 14.6. The minimum atomic E-state index is 0.203. The Labute approximate surface area is 193 Å². The van der Waals surface area contributed by atoms with Gasteiger partial charge in [-0.2, -0.15) is 0 Å². The molecule has 7 unspecified atom stereocenters. The molecule has 0 aromatic heterocycles. The number of hydrogen-bond donors (Lipinski definition) is 1. The van der Waals surface area contributed by atoms with Gasteiger partial charge in [-0.3, -0.25) is 0 Å². The molecule has 0 bridgehead atoms. The normalized spacial score (nSPS) is 44.8. The van der Waals surface area contributed by atoms with Crippen molar-refractivity contribution in [2.45, 2.75) is 112 Å². The van der Waals surface area contributed by atoms with Crippen LogP contribution in [0.5, 0.6) is 0 Å². The van der Waals surface area contributed by atoms with Crippen molar-refractivity contribution in [1.29, 1.82) is 0 Å². The summed E-state index contributed by atoms with van der Waals surface area (Å²) in [6.45, 7) is 18.5. The van der Waals surface area contributed by atoms with Crippen LogP contribution >= 0.6 is 0 Å². The molecule has 0 amide bonds. The van der Waals surface area contributed by atoms with Crippen molar-refractivity contribution < 1.29 is 0 Å². The first kappa shape index (κ1) is 23.4. The van der Waals surface area contributed by atoms with E-state index in [-0.39, 0.29) is 5.41 Å². The van der Waals surface area contributed by atoms with Crippen molar-refractivity contribution in [2.75, 3.05) is 0 Å². The number of allylic oxidation sites excluding steroid dienone is 3. The Morgan fingerprint density at radius 3 is 2.35 bits per heavy atom. The predicted octanol–water partition coefficient (Wildman–Crippen LogP) is 8.51. The highest BCUT2D eigenvalue weighted by Gasteiger charge is 2.56. The Morgan fingerprint density at radius 1 is 0.903 bits per heavy atom. The Kier molecular flexibility index (Phi) is 6.24. The quantitative estimate of drug-likeness (QED) is 0.419. The van der Waals surface area contributed by atoms with Crippen LogP contribution in [-0.2, 0) is 0 Å². The maximum absolute atomic E-state index is 6.55. The second kappa shape index (κ2) is 8.25. The van der Waals surface area contributed by atoms with Crippen molar-refractivity contribution >= 4 is 0 Å². The molecule has 0 aliphatic heterocycles. The molecule has 0 spiro atoms. The lowest BCUT2D eigenvalue weighted by Gasteiger charge is -2.60. The van der Waals surface area contributed by atoms with Crippen molar-refractivity contribution in [3.8, 4) is 0 Å². The lowest BCUT2D eigenvalue weighted by molar-refractivity contribution is -0.0548. The third-order valence-electron chi connectivity index (χ3n) is 11.0. The molecule has 0 heterocycles. The zero-order valence-electron chi connectivity index (χ0n) is 21.6. The topological polar surface area (TPSA) is 26.0 Å². The lowest BCUT2D eigenvalue weighted by Crippen LogP contribution is -2.52. The molecular formula is C30H51N. The highest BCUT2D eigenvalue weighted by molar-refractivity contribution is 5.30. The summed E-state index contributed by atoms with van der Waals surface area (Å²) in [5, 5.41) is 0. The molecule has 1 nitrogen and oxygen atoms in total. The second-order valence-corrected chi connectivity index (χ2v) is 13.2. The third kappa shape index (κ3) is 3.74. The van der Waals surface area contributed by atoms with E-state index in [0.29, 0.717) is 16.7 Å². The maximum Gasteiger partial charge on any atom is 0.0159 e. The SMILES string of the molecule is C=C(N)C12CCC3C(=CCC4C3CCC3C4CCCC3(C)C)C1CC(C)(C)CC2.CC. The number of rotatable bonds is 1. The summed E-state index contributed by atoms with van der Waals surface area (Å²) >= 11 is 0. The molecule has 7 atom stereocenters. The van der Waals surface area contributed by atoms with Gasteiger partial charge in [-0.25, -0.2) is 0 Å². The molecule has 4 fully saturated rings. The molecule has 176 valence electrons. The molecule has 5 rings (SSSR count). The second-order valence-electron chi connectivity index (χ2n) is 13.2. The summed E-state index contributed by atoms with van der Waals surface area (Å²) in [5.74, 6) is 5.42. The van der Waals surface area contributed by atoms with E-state index in [1.165, 1.54) is 70.6 Å². The molecule has 0 saturated heterocycles. The highest BCUT2D eigenvalue weighted by Crippen LogP contribution is 2.65. The summed E-state index contributed by atoms with van der Waals surface area (Å²) in [5.41, 5.74) is 10.6. The Morgan fingerprint density at radius 2 is 1.65 bits per heavy atom. The van der Waals surface area contributed by atoms with Crippen molar-refractivity contribution in [2.24, 2.45) is 57.5 Å². The van der Waals surface area contributed by atoms with Crippen LogP contribution in [0.25, 0.3) is 0 Å². The zero-order chi connectivity index (χ0) is 22.6. The number of nitrogens with two attached hydrogens (primary N) is 1. The van der Waals surface area contributed by atoms with Crippen LogP contribution in [0, 0.1) is 51.8 Å². The van der Waals surface area contributed by atoms with Gasteiger partial charge in [0, 0.05) is 11.1 Å². The molecular weight excluding hydrogens is 374 g/mol. The molecule has 5 aliphatic rings. The number of fused-ring (bicyclic) bond motifs is 7. The summed E-state index contributed by atoms with van der Waals surface area (Å²) in [6.07, 6.45) is 18.1. The van der Waals surface area contributed by atoms with Crippen LogP contribution in [-0.4, -0.2) is 0 Å². The smallest absolute Gasteiger partial charge is 0.0159 e. The fourth-order valence-electron chi connectivity index (χ4n) is 9.36. The Bertz CT molecular complexity index is 712. The molecule has 4 saturated carbocycles. The Hall–Kier alpha value is -0.720. The minimum Gasteiger partial charge on any atom is -0.402 e. The number of hydrogen-bond acceptors (Lipinski definition) is 1. The van der Waals surface area contributed by atoms with Crippen molar-refractivity contribution in [3.05, 3.63) is 23.9 Å². The molecule has 1 heteroatoms. The highest BCUT2D eigenvalue weighted by atomic mass is 14.7. The minimum absolute atomic E-state index is 0.203. The van der Waals surface area contributed by atoms with Crippen LogP contribution in [0.3, 0.4) is 0 Å². The zero-order valence-corrected chi connectivity index (χ0v) is 21.6. The first-order valence-corrected chi connectivity index (χ1v) is 13.8. The van der Waals surface area contributed by atoms with Gasteiger partial charge in [0.05, 0.1) is 0 Å². The molecule has 31 heavy (non-hydrogen) atoms. The average molecular weight is 426 g/mol. The summed E-state index contributed by atoms with van der Waals surface area (Å²) < 4.78 is 0. The van der Waals surface area contributed by atoms with Crippen molar-refractivity contribution in [1.82, 2.24) is 0 Å². The lowest BCUT2D eigenvalue weighted by atomic mass is 9.44. The van der Waals surface area contributed by atoms with Crippen LogP contribution in [0.2, 0.25) is 0 Å². The van der Waals surface area contributed by atoms with Gasteiger partial charge in [0.15, 0.2) is 0 Å². The van der Waals surface area contributed by atoms with Crippen LogP contribution in [0.4, 0.5) is 0 Å². The van der Waals surface area contributed by atoms with Gasteiger partial charge in [-0.05, 0) is 111 Å². The van der Waals surface area contributed by atoms with Crippen LogP contribution < -0.4 is 5.73 Å². The van der Waals surface area contributed by atoms with E-state index < -0.39 is 0 Å². The first-order valence-electron chi connectivity index (χ1n) is 13.8. The van der Waals surface area contributed by atoms with Crippen LogP contribution in [0.1, 0.15) is 112 Å². The molecule has 0 aromatic carbocycles. The fourth-order valence-corrected chi connectivity index (χ4v) is 9.36. The molecule has 2 N–H and O–H groups in total. The standard InChI is InChI=1S/C28H45N.C2H6/c1-18(29)28-14-12-21-19-10-11-24-22(7-6-13-27(24,4)5)20(19)8-9-23(21)25(28)17-26(2,3)15-16-28;1-2/h9,19-22,24-25H,1,6-8,10-17,29H2,2-5H3;1-2H3. The van der Waals surface area contributed by atoms with Gasteiger partial charge in [0.25, 0.3) is 0 Å². The van der Waals surface area contributed by atoms with E-state index in [1.54, 1.807) is 0 Å². The summed E-state index contributed by atoms with van der Waals surface area (Å²) in [4.78, 5) is 0. The third-order valence-corrected chi connectivity index (χ3v) is 11.0. The van der Waals surface area contributed by atoms with Crippen LogP contribution in [0.15, 0.2) is 23.9 Å². The predicted molar refractivity (Wildman–Crippen MR) is 134 cm³/mol. The van der Waals surface area contributed by atoms with E-state index in [9.17, 15) is 0 Å². The van der Waals surface area contributed by atoms with E-state index >= 15 is 0 Å². The van der Waals surface area contributed by atoms with Gasteiger partial charge in [0.1, 0.15) is 0 Å². The van der Waals surface area contributed by atoms with Gasteiger partial charge in [-0.15, -0.1) is 0 Å². The molecule has 0 radical (unpaired) electrons. The fraction of sp³-hybridized carbons (Fsp3) is 0.867. The average Bonchev–Trinajstić information content (AvgIpc) is 2.73. The van der Waals surface area contributed by atoms with E-state index in [2.05, 4.69) is 40.3 Å². The maximum atomic E-state index is 6.55.